The first kappa shape index (κ1) is 21.5. The van der Waals surface area contributed by atoms with Crippen molar-refractivity contribution in [2.75, 3.05) is 13.1 Å². The number of nitrogens with one attached hydrogen (secondary N) is 1. The average Bonchev–Trinajstić information content (AvgIpc) is 3.04. The number of hydrogen-bond acceptors (Lipinski definition) is 4. The molecule has 1 amide bonds. The maximum Gasteiger partial charge on any atom is 0.247 e. The topological polar surface area (TPSA) is 67.2 Å². The number of para-hydroxylation sites is 1. The number of carbonyl (C=O) groups is 2. The van der Waals surface area contributed by atoms with Crippen molar-refractivity contribution in [1.82, 2.24) is 20.0 Å². The van der Waals surface area contributed by atoms with E-state index in [1.54, 1.807) is 0 Å². The molecule has 158 valence electrons. The Morgan fingerprint density at radius 3 is 2.59 bits per heavy atom. The fraction of sp³-hybridized carbons (Fsp3) is 0.609. The molecule has 1 aliphatic heterocycles. The molecule has 0 spiro atoms. The van der Waals surface area contributed by atoms with Gasteiger partial charge in [0.2, 0.25) is 11.8 Å². The molecule has 2 heterocycles. The summed E-state index contributed by atoms with van der Waals surface area (Å²) in [6.07, 6.45) is 6.07. The molecule has 1 aromatic carbocycles. The Kier molecular flexibility index (Phi) is 7.42. The van der Waals surface area contributed by atoms with Crippen molar-refractivity contribution in [2.45, 2.75) is 77.8 Å². The van der Waals surface area contributed by atoms with Crippen molar-refractivity contribution in [2.24, 2.45) is 0 Å². The van der Waals surface area contributed by atoms with Gasteiger partial charge in [-0.3, -0.25) is 14.5 Å². The van der Waals surface area contributed by atoms with Crippen molar-refractivity contribution in [3.8, 4) is 0 Å². The van der Waals surface area contributed by atoms with Crippen molar-refractivity contribution in [3.05, 3.63) is 30.0 Å². The SMILES string of the molecule is Cc1nn(C(=O)CCCC(=O)NCCCN2C(C)CCCC2C)c2ccccc12. The second-order valence-electron chi connectivity index (χ2n) is 8.33. The van der Waals surface area contributed by atoms with Crippen LogP contribution in [0.1, 0.15) is 69.3 Å². The van der Waals surface area contributed by atoms with Gasteiger partial charge in [0, 0.05) is 43.4 Å². The maximum absolute atomic E-state index is 12.5. The summed E-state index contributed by atoms with van der Waals surface area (Å²) in [6, 6.07) is 9.02. The highest BCUT2D eigenvalue weighted by molar-refractivity contribution is 5.92. The number of carbonyl (C=O) groups excluding carboxylic acids is 2. The minimum Gasteiger partial charge on any atom is -0.356 e. The molecule has 3 rings (SSSR count). The molecule has 0 aliphatic carbocycles. The van der Waals surface area contributed by atoms with E-state index >= 15 is 0 Å². The predicted octanol–water partition coefficient (Wildman–Crippen LogP) is 3.92. The van der Waals surface area contributed by atoms with Crippen LogP contribution >= 0.6 is 0 Å². The highest BCUT2D eigenvalue weighted by atomic mass is 16.2. The van der Waals surface area contributed by atoms with Gasteiger partial charge in [0.1, 0.15) is 0 Å². The number of aryl methyl sites for hydroxylation is 1. The lowest BCUT2D eigenvalue weighted by Crippen LogP contribution is -2.44. The second-order valence-corrected chi connectivity index (χ2v) is 8.33. The lowest BCUT2D eigenvalue weighted by molar-refractivity contribution is -0.121. The molecule has 1 saturated heterocycles. The quantitative estimate of drug-likeness (QED) is 0.684. The molecule has 2 unspecified atom stereocenters. The molecule has 1 fully saturated rings. The highest BCUT2D eigenvalue weighted by Gasteiger charge is 2.23. The normalized spacial score (nSPS) is 20.1. The van der Waals surface area contributed by atoms with Gasteiger partial charge >= 0.3 is 0 Å². The molecule has 1 aliphatic rings. The predicted molar refractivity (Wildman–Crippen MR) is 116 cm³/mol. The van der Waals surface area contributed by atoms with Crippen LogP contribution in [0.5, 0.6) is 0 Å². The Hall–Kier alpha value is -2.21. The number of aromatic nitrogens is 2. The van der Waals surface area contributed by atoms with Gasteiger partial charge in [-0.05, 0) is 52.5 Å². The smallest absolute Gasteiger partial charge is 0.247 e. The minimum absolute atomic E-state index is 0.0269. The third-order valence-electron chi connectivity index (χ3n) is 6.09. The summed E-state index contributed by atoms with van der Waals surface area (Å²) in [7, 11) is 0. The molecule has 1 N–H and O–H groups in total. The first-order valence-corrected chi connectivity index (χ1v) is 11.0. The number of fused-ring (bicyclic) bond motifs is 1. The highest BCUT2D eigenvalue weighted by Crippen LogP contribution is 2.22. The van der Waals surface area contributed by atoms with Crippen LogP contribution in [0.15, 0.2) is 24.3 Å². The van der Waals surface area contributed by atoms with Crippen molar-refractivity contribution >= 4 is 22.7 Å². The molecular formula is C23H34N4O2. The van der Waals surface area contributed by atoms with Crippen LogP contribution in [0.2, 0.25) is 0 Å². The van der Waals surface area contributed by atoms with Crippen LogP contribution in [-0.2, 0) is 4.79 Å². The zero-order valence-electron chi connectivity index (χ0n) is 18.0. The van der Waals surface area contributed by atoms with Gasteiger partial charge in [0.05, 0.1) is 11.2 Å². The number of piperidine rings is 1. The minimum atomic E-state index is -0.0600. The molecule has 6 heteroatoms. The third-order valence-corrected chi connectivity index (χ3v) is 6.09. The molecule has 0 bridgehead atoms. The lowest BCUT2D eigenvalue weighted by atomic mass is 9.97. The Balaban J connectivity index is 1.36. The van der Waals surface area contributed by atoms with Crippen molar-refractivity contribution < 1.29 is 9.59 Å². The fourth-order valence-electron chi connectivity index (χ4n) is 4.41. The largest absolute Gasteiger partial charge is 0.356 e. The zero-order chi connectivity index (χ0) is 20.8. The van der Waals surface area contributed by atoms with Gasteiger partial charge in [-0.15, -0.1) is 0 Å². The second kappa shape index (κ2) is 10.0. The summed E-state index contributed by atoms with van der Waals surface area (Å²) in [5.74, 6) is -0.0331. The first-order valence-electron chi connectivity index (χ1n) is 11.0. The summed E-state index contributed by atoms with van der Waals surface area (Å²) in [5, 5.41) is 8.36. The molecule has 0 saturated carbocycles. The molecule has 0 radical (unpaired) electrons. The van der Waals surface area contributed by atoms with Crippen LogP contribution in [0.25, 0.3) is 10.9 Å². The number of nitrogens with zero attached hydrogens (tertiary/aromatic N) is 3. The fourth-order valence-corrected chi connectivity index (χ4v) is 4.41. The summed E-state index contributed by atoms with van der Waals surface area (Å²) >= 11 is 0. The number of benzene rings is 1. The number of amides is 1. The molecule has 6 nitrogen and oxygen atoms in total. The number of rotatable bonds is 8. The van der Waals surface area contributed by atoms with Crippen molar-refractivity contribution in [3.63, 3.8) is 0 Å². The van der Waals surface area contributed by atoms with E-state index in [1.807, 2.05) is 31.2 Å². The summed E-state index contributed by atoms with van der Waals surface area (Å²) < 4.78 is 1.48. The number of hydrogen-bond donors (Lipinski definition) is 1. The summed E-state index contributed by atoms with van der Waals surface area (Å²) in [5.41, 5.74) is 1.68. The molecule has 29 heavy (non-hydrogen) atoms. The van der Waals surface area contributed by atoms with Crippen LogP contribution in [0, 0.1) is 6.92 Å². The summed E-state index contributed by atoms with van der Waals surface area (Å²) in [4.78, 5) is 27.2. The molecule has 2 aromatic rings. The van der Waals surface area contributed by atoms with Gasteiger partial charge in [-0.25, -0.2) is 0 Å². The molecular weight excluding hydrogens is 364 g/mol. The number of likely N-dealkylation sites (tertiary alicyclic amines) is 1. The van der Waals surface area contributed by atoms with Gasteiger partial charge in [0.25, 0.3) is 0 Å². The standard InChI is InChI=1S/C23H34N4O2/c1-17-9-6-10-18(2)26(17)16-8-15-24-22(28)13-7-14-23(29)27-21-12-5-4-11-20(21)19(3)25-27/h4-5,11-12,17-18H,6-10,13-16H2,1-3H3,(H,24,28). The van der Waals surface area contributed by atoms with E-state index in [9.17, 15) is 9.59 Å². The maximum atomic E-state index is 12.5. The molecule has 1 aromatic heterocycles. The van der Waals surface area contributed by atoms with Gasteiger partial charge in [-0.2, -0.15) is 9.78 Å². The van der Waals surface area contributed by atoms with Gasteiger partial charge in [0.15, 0.2) is 0 Å². The third kappa shape index (κ3) is 5.44. The van der Waals surface area contributed by atoms with Crippen LogP contribution in [-0.4, -0.2) is 51.7 Å². The van der Waals surface area contributed by atoms with Crippen LogP contribution < -0.4 is 5.32 Å². The molecule has 2 atom stereocenters. The Labute approximate surface area is 173 Å². The van der Waals surface area contributed by atoms with E-state index in [0.29, 0.717) is 37.9 Å². The van der Waals surface area contributed by atoms with E-state index in [2.05, 4.69) is 29.2 Å². The van der Waals surface area contributed by atoms with Gasteiger partial charge in [-0.1, -0.05) is 24.6 Å². The monoisotopic (exact) mass is 398 g/mol. The Bertz CT molecular complexity index is 835. The van der Waals surface area contributed by atoms with Crippen molar-refractivity contribution in [1.29, 1.82) is 0 Å². The Morgan fingerprint density at radius 1 is 1.10 bits per heavy atom. The van der Waals surface area contributed by atoms with Crippen LogP contribution in [0.3, 0.4) is 0 Å². The average molecular weight is 399 g/mol. The lowest BCUT2D eigenvalue weighted by Gasteiger charge is -2.39. The van der Waals surface area contributed by atoms with E-state index in [4.69, 9.17) is 0 Å². The zero-order valence-corrected chi connectivity index (χ0v) is 18.0. The summed E-state index contributed by atoms with van der Waals surface area (Å²) in [6.45, 7) is 8.24. The van der Waals surface area contributed by atoms with E-state index in [-0.39, 0.29) is 11.8 Å². The van der Waals surface area contributed by atoms with Gasteiger partial charge < -0.3 is 5.32 Å². The van der Waals surface area contributed by atoms with E-state index in [1.165, 1.54) is 23.9 Å². The Morgan fingerprint density at radius 2 is 1.83 bits per heavy atom. The van der Waals surface area contributed by atoms with E-state index < -0.39 is 0 Å². The van der Waals surface area contributed by atoms with Crippen LogP contribution in [0.4, 0.5) is 0 Å². The van der Waals surface area contributed by atoms with E-state index in [0.717, 1.165) is 29.6 Å². The first-order chi connectivity index (χ1) is 14.0.